The standard InChI is InChI=1S/C21H26N2O4S/c1-21(2,3)27-20(25)23-17(9-14-7-5-4-6-8-14)18-11-15(19(24)26-18)10-16-12-22-13-28-16/h4-8,12-13,15,17-18H,9-11H2,1-3H3,(H,23,25)/t15?,17?,18-/m0/s1. The van der Waals surface area contributed by atoms with Gasteiger partial charge in [0.1, 0.15) is 11.7 Å². The van der Waals surface area contributed by atoms with Crippen molar-refractivity contribution in [2.45, 2.75) is 57.8 Å². The second-order valence-corrected chi connectivity index (χ2v) is 8.99. The lowest BCUT2D eigenvalue weighted by Crippen LogP contribution is -2.46. The molecule has 1 saturated heterocycles. The molecule has 1 aromatic carbocycles. The van der Waals surface area contributed by atoms with Crippen LogP contribution in [0, 0.1) is 5.92 Å². The van der Waals surface area contributed by atoms with Crippen LogP contribution in [0.1, 0.15) is 37.6 Å². The Balaban J connectivity index is 1.70. The van der Waals surface area contributed by atoms with Crippen LogP contribution < -0.4 is 5.32 Å². The fraction of sp³-hybridized carbons (Fsp3) is 0.476. The van der Waals surface area contributed by atoms with E-state index in [0.29, 0.717) is 19.3 Å². The van der Waals surface area contributed by atoms with Crippen LogP contribution in [0.2, 0.25) is 0 Å². The van der Waals surface area contributed by atoms with Gasteiger partial charge < -0.3 is 14.8 Å². The van der Waals surface area contributed by atoms with Gasteiger partial charge in [-0.25, -0.2) is 4.79 Å². The summed E-state index contributed by atoms with van der Waals surface area (Å²) < 4.78 is 11.1. The number of rotatable bonds is 6. The van der Waals surface area contributed by atoms with E-state index in [9.17, 15) is 9.59 Å². The number of hydrogen-bond donors (Lipinski definition) is 1. The molecule has 150 valence electrons. The lowest BCUT2D eigenvalue weighted by molar-refractivity contribution is -0.145. The highest BCUT2D eigenvalue weighted by atomic mass is 32.1. The quantitative estimate of drug-likeness (QED) is 0.745. The maximum atomic E-state index is 12.4. The first-order chi connectivity index (χ1) is 13.3. The molecule has 1 aromatic heterocycles. The fourth-order valence-corrected chi connectivity index (χ4v) is 3.95. The molecule has 0 aliphatic carbocycles. The zero-order valence-corrected chi connectivity index (χ0v) is 17.2. The molecular formula is C21H26N2O4S. The summed E-state index contributed by atoms with van der Waals surface area (Å²) >= 11 is 1.53. The number of nitrogens with zero attached hydrogens (tertiary/aromatic N) is 1. The number of ether oxygens (including phenoxy) is 2. The van der Waals surface area contributed by atoms with E-state index in [0.717, 1.165) is 10.4 Å². The topological polar surface area (TPSA) is 77.5 Å². The van der Waals surface area contributed by atoms with Gasteiger partial charge in [0.05, 0.1) is 17.5 Å². The summed E-state index contributed by atoms with van der Waals surface area (Å²) in [7, 11) is 0. The summed E-state index contributed by atoms with van der Waals surface area (Å²) in [5.74, 6) is -0.438. The van der Waals surface area contributed by atoms with Crippen LogP contribution in [0.15, 0.2) is 42.0 Å². The van der Waals surface area contributed by atoms with Crippen molar-refractivity contribution in [3.8, 4) is 0 Å². The summed E-state index contributed by atoms with van der Waals surface area (Å²) in [5.41, 5.74) is 2.23. The van der Waals surface area contributed by atoms with E-state index in [1.165, 1.54) is 11.3 Å². The van der Waals surface area contributed by atoms with Gasteiger partial charge in [-0.1, -0.05) is 30.3 Å². The van der Waals surface area contributed by atoms with Crippen LogP contribution in [-0.4, -0.2) is 34.8 Å². The first-order valence-electron chi connectivity index (χ1n) is 9.41. The van der Waals surface area contributed by atoms with Crippen LogP contribution in [-0.2, 0) is 27.1 Å². The number of hydrogen-bond acceptors (Lipinski definition) is 6. The normalized spacial score (nSPS) is 20.5. The smallest absolute Gasteiger partial charge is 0.408 e. The monoisotopic (exact) mass is 402 g/mol. The number of cyclic esters (lactones) is 1. The Hall–Kier alpha value is -2.41. The summed E-state index contributed by atoms with van der Waals surface area (Å²) in [6, 6.07) is 9.48. The molecule has 0 spiro atoms. The number of nitrogens with one attached hydrogen (secondary N) is 1. The maximum absolute atomic E-state index is 12.4. The van der Waals surface area contributed by atoms with E-state index < -0.39 is 17.8 Å². The van der Waals surface area contributed by atoms with Crippen molar-refractivity contribution in [1.82, 2.24) is 10.3 Å². The third-order valence-corrected chi connectivity index (χ3v) is 5.30. The number of amides is 1. The molecule has 2 unspecified atom stereocenters. The second kappa shape index (κ2) is 8.73. The zero-order chi connectivity index (χ0) is 20.1. The largest absolute Gasteiger partial charge is 0.460 e. The van der Waals surface area contributed by atoms with Gasteiger partial charge in [0.25, 0.3) is 0 Å². The first kappa shape index (κ1) is 20.3. The van der Waals surface area contributed by atoms with Crippen molar-refractivity contribution in [3.63, 3.8) is 0 Å². The van der Waals surface area contributed by atoms with Gasteiger partial charge in [-0.2, -0.15) is 0 Å². The summed E-state index contributed by atoms with van der Waals surface area (Å²) in [6.45, 7) is 5.46. The molecule has 1 amide bonds. The van der Waals surface area contributed by atoms with Crippen molar-refractivity contribution in [2.24, 2.45) is 5.92 Å². The Labute approximate surface area is 169 Å². The number of thiazole rings is 1. The number of benzene rings is 1. The van der Waals surface area contributed by atoms with Crippen molar-refractivity contribution < 1.29 is 19.1 Å². The van der Waals surface area contributed by atoms with Crippen molar-refractivity contribution in [2.75, 3.05) is 0 Å². The first-order valence-corrected chi connectivity index (χ1v) is 10.3. The van der Waals surface area contributed by atoms with Gasteiger partial charge in [0.2, 0.25) is 0 Å². The lowest BCUT2D eigenvalue weighted by Gasteiger charge is -2.26. The molecule has 1 fully saturated rings. The molecule has 3 rings (SSSR count). The molecule has 3 atom stereocenters. The molecule has 0 radical (unpaired) electrons. The fourth-order valence-electron chi connectivity index (χ4n) is 3.27. The van der Waals surface area contributed by atoms with Gasteiger partial charge >= 0.3 is 12.1 Å². The Morgan fingerprint density at radius 1 is 1.36 bits per heavy atom. The SMILES string of the molecule is CC(C)(C)OC(=O)NC(Cc1ccccc1)[C@@H]1CC(Cc2cncs2)C(=O)O1. The molecule has 1 aliphatic rings. The van der Waals surface area contributed by atoms with E-state index in [2.05, 4.69) is 10.3 Å². The molecule has 1 N–H and O–H groups in total. The number of carbonyl (C=O) groups is 2. The minimum absolute atomic E-state index is 0.218. The second-order valence-electron chi connectivity index (χ2n) is 8.02. The van der Waals surface area contributed by atoms with E-state index in [1.54, 1.807) is 11.7 Å². The van der Waals surface area contributed by atoms with E-state index in [-0.39, 0.29) is 17.9 Å². The molecule has 0 bridgehead atoms. The third-order valence-electron chi connectivity index (χ3n) is 4.50. The number of aromatic nitrogens is 1. The highest BCUT2D eigenvalue weighted by Gasteiger charge is 2.40. The molecule has 2 heterocycles. The van der Waals surface area contributed by atoms with Gasteiger partial charge in [-0.3, -0.25) is 9.78 Å². The predicted octanol–water partition coefficient (Wildman–Crippen LogP) is 3.75. The number of carbonyl (C=O) groups excluding carboxylic acids is 2. The van der Waals surface area contributed by atoms with E-state index in [4.69, 9.17) is 9.47 Å². The Morgan fingerprint density at radius 3 is 2.75 bits per heavy atom. The summed E-state index contributed by atoms with van der Waals surface area (Å²) in [5, 5.41) is 2.92. The molecule has 7 heteroatoms. The average Bonchev–Trinajstić information content (AvgIpc) is 3.24. The van der Waals surface area contributed by atoms with Crippen LogP contribution in [0.3, 0.4) is 0 Å². The Bertz CT molecular complexity index is 786. The van der Waals surface area contributed by atoms with Crippen LogP contribution in [0.25, 0.3) is 0 Å². The van der Waals surface area contributed by atoms with Crippen molar-refractivity contribution in [3.05, 3.63) is 52.5 Å². The summed E-state index contributed by atoms with van der Waals surface area (Å²) in [6.07, 6.45) is 2.62. The predicted molar refractivity (Wildman–Crippen MR) is 107 cm³/mol. The van der Waals surface area contributed by atoms with Gasteiger partial charge in [-0.05, 0) is 39.2 Å². The van der Waals surface area contributed by atoms with Crippen LogP contribution in [0.5, 0.6) is 0 Å². The molecule has 28 heavy (non-hydrogen) atoms. The average molecular weight is 403 g/mol. The van der Waals surface area contributed by atoms with Gasteiger partial charge in [0, 0.05) is 17.5 Å². The lowest BCUT2D eigenvalue weighted by atomic mass is 9.94. The van der Waals surface area contributed by atoms with Crippen LogP contribution >= 0.6 is 11.3 Å². The minimum Gasteiger partial charge on any atom is -0.460 e. The number of esters is 1. The molecular weight excluding hydrogens is 376 g/mol. The molecule has 6 nitrogen and oxygen atoms in total. The highest BCUT2D eigenvalue weighted by molar-refractivity contribution is 7.09. The maximum Gasteiger partial charge on any atom is 0.408 e. The van der Waals surface area contributed by atoms with Gasteiger partial charge in [-0.15, -0.1) is 11.3 Å². The molecule has 1 aliphatic heterocycles. The number of alkyl carbamates (subject to hydrolysis) is 1. The molecule has 2 aromatic rings. The van der Waals surface area contributed by atoms with Gasteiger partial charge in [0.15, 0.2) is 0 Å². The summed E-state index contributed by atoms with van der Waals surface area (Å²) in [4.78, 5) is 29.9. The van der Waals surface area contributed by atoms with Crippen molar-refractivity contribution in [1.29, 1.82) is 0 Å². The zero-order valence-electron chi connectivity index (χ0n) is 16.4. The molecule has 0 saturated carbocycles. The van der Waals surface area contributed by atoms with E-state index in [1.807, 2.05) is 51.1 Å². The minimum atomic E-state index is -0.595. The Morgan fingerprint density at radius 2 is 2.11 bits per heavy atom. The van der Waals surface area contributed by atoms with E-state index >= 15 is 0 Å². The Kier molecular flexibility index (Phi) is 6.34. The van der Waals surface area contributed by atoms with Crippen LogP contribution in [0.4, 0.5) is 4.79 Å². The highest BCUT2D eigenvalue weighted by Crippen LogP contribution is 2.29. The third kappa shape index (κ3) is 5.79. The van der Waals surface area contributed by atoms with Crippen molar-refractivity contribution >= 4 is 23.4 Å².